The number of unbranched alkanes of at least 4 members (excludes halogenated alkanes) is 1. The van der Waals surface area contributed by atoms with Crippen molar-refractivity contribution in [2.45, 2.75) is 65.0 Å². The van der Waals surface area contributed by atoms with Gasteiger partial charge in [-0.1, -0.05) is 33.6 Å². The molecule has 1 aliphatic rings. The number of nitrogens with zero attached hydrogens (tertiary/aromatic N) is 1. The van der Waals surface area contributed by atoms with E-state index in [4.69, 9.17) is 5.11 Å². The van der Waals surface area contributed by atoms with Gasteiger partial charge in [0.2, 0.25) is 0 Å². The number of carbonyl (C=O) groups excluding carboxylic acids is 1. The molecule has 1 saturated heterocycles. The largest absolute Gasteiger partial charge is 0.480 e. The van der Waals surface area contributed by atoms with Crippen molar-refractivity contribution < 1.29 is 14.7 Å². The van der Waals surface area contributed by atoms with E-state index in [1.165, 1.54) is 0 Å². The third-order valence-corrected chi connectivity index (χ3v) is 3.77. The molecule has 1 rings (SSSR count). The van der Waals surface area contributed by atoms with Crippen molar-refractivity contribution in [3.8, 4) is 0 Å². The Bertz CT molecular complexity index is 318. The van der Waals surface area contributed by atoms with Gasteiger partial charge in [-0.05, 0) is 25.2 Å². The van der Waals surface area contributed by atoms with Gasteiger partial charge in [0.1, 0.15) is 6.04 Å². The number of carboxylic acid groups (broad SMARTS) is 1. The maximum Gasteiger partial charge on any atom is 0.326 e. The van der Waals surface area contributed by atoms with E-state index in [0.717, 1.165) is 32.2 Å². The SMILES string of the molecule is CCCCC(NC(=O)N1CCCC1C(C)C)C(=O)O. The summed E-state index contributed by atoms with van der Waals surface area (Å²) in [5.74, 6) is -0.533. The van der Waals surface area contributed by atoms with Gasteiger partial charge in [0.15, 0.2) is 0 Å². The number of likely N-dealkylation sites (tertiary alicyclic amines) is 1. The molecule has 2 atom stereocenters. The lowest BCUT2D eigenvalue weighted by Crippen LogP contribution is -2.50. The molecule has 0 radical (unpaired) electrons. The van der Waals surface area contributed by atoms with Crippen LogP contribution in [0.5, 0.6) is 0 Å². The van der Waals surface area contributed by atoms with Gasteiger partial charge in [-0.25, -0.2) is 9.59 Å². The molecule has 5 heteroatoms. The Morgan fingerprint density at radius 2 is 2.11 bits per heavy atom. The topological polar surface area (TPSA) is 69.6 Å². The lowest BCUT2D eigenvalue weighted by Gasteiger charge is -2.29. The van der Waals surface area contributed by atoms with Crippen LogP contribution in [0.15, 0.2) is 0 Å². The van der Waals surface area contributed by atoms with Crippen LogP contribution < -0.4 is 5.32 Å². The fourth-order valence-electron chi connectivity index (χ4n) is 2.64. The van der Waals surface area contributed by atoms with Gasteiger partial charge in [-0.3, -0.25) is 0 Å². The number of aliphatic carboxylic acids is 1. The highest BCUT2D eigenvalue weighted by molar-refractivity contribution is 5.82. The first-order valence-corrected chi connectivity index (χ1v) is 7.27. The van der Waals surface area contributed by atoms with Crippen LogP contribution in [-0.2, 0) is 4.79 Å². The molecule has 1 fully saturated rings. The van der Waals surface area contributed by atoms with Crippen LogP contribution in [0.1, 0.15) is 52.9 Å². The molecule has 0 aromatic heterocycles. The molecule has 2 amide bonds. The van der Waals surface area contributed by atoms with E-state index in [9.17, 15) is 9.59 Å². The van der Waals surface area contributed by atoms with Gasteiger partial charge in [0, 0.05) is 12.6 Å². The summed E-state index contributed by atoms with van der Waals surface area (Å²) >= 11 is 0. The molecule has 110 valence electrons. The van der Waals surface area contributed by atoms with Crippen molar-refractivity contribution in [3.05, 3.63) is 0 Å². The first-order chi connectivity index (χ1) is 8.97. The molecule has 5 nitrogen and oxygen atoms in total. The van der Waals surface area contributed by atoms with Gasteiger partial charge in [0.05, 0.1) is 0 Å². The quantitative estimate of drug-likeness (QED) is 0.779. The van der Waals surface area contributed by atoms with E-state index in [-0.39, 0.29) is 12.1 Å². The van der Waals surface area contributed by atoms with Crippen molar-refractivity contribution >= 4 is 12.0 Å². The van der Waals surface area contributed by atoms with Crippen LogP contribution >= 0.6 is 0 Å². The summed E-state index contributed by atoms with van der Waals surface area (Å²) in [7, 11) is 0. The maximum atomic E-state index is 12.2. The summed E-state index contributed by atoms with van der Waals surface area (Å²) in [5.41, 5.74) is 0. The molecule has 0 bridgehead atoms. The van der Waals surface area contributed by atoms with Gasteiger partial charge in [0.25, 0.3) is 0 Å². The average molecular weight is 270 g/mol. The average Bonchev–Trinajstić information content (AvgIpc) is 2.83. The Morgan fingerprint density at radius 1 is 1.42 bits per heavy atom. The lowest BCUT2D eigenvalue weighted by molar-refractivity contribution is -0.139. The molecule has 0 aromatic rings. The second kappa shape index (κ2) is 7.36. The predicted molar refractivity (Wildman–Crippen MR) is 74.0 cm³/mol. The molecule has 2 unspecified atom stereocenters. The van der Waals surface area contributed by atoms with E-state index in [2.05, 4.69) is 19.2 Å². The highest BCUT2D eigenvalue weighted by Gasteiger charge is 2.32. The van der Waals surface area contributed by atoms with Gasteiger partial charge in [-0.15, -0.1) is 0 Å². The summed E-state index contributed by atoms with van der Waals surface area (Å²) in [6, 6.07) is -0.749. The minimum atomic E-state index is -0.943. The Hall–Kier alpha value is -1.26. The zero-order valence-electron chi connectivity index (χ0n) is 12.2. The Labute approximate surface area is 115 Å². The van der Waals surface area contributed by atoms with Crippen LogP contribution in [-0.4, -0.2) is 40.6 Å². The van der Waals surface area contributed by atoms with E-state index < -0.39 is 12.0 Å². The lowest BCUT2D eigenvalue weighted by atomic mass is 10.0. The third-order valence-electron chi connectivity index (χ3n) is 3.77. The number of urea groups is 1. The Morgan fingerprint density at radius 3 is 2.63 bits per heavy atom. The summed E-state index contributed by atoms with van der Waals surface area (Å²) < 4.78 is 0. The molecular weight excluding hydrogens is 244 g/mol. The summed E-state index contributed by atoms with van der Waals surface area (Å²) in [6.07, 6.45) is 4.25. The zero-order chi connectivity index (χ0) is 14.4. The number of carbonyl (C=O) groups is 2. The smallest absolute Gasteiger partial charge is 0.326 e. The number of hydrogen-bond donors (Lipinski definition) is 2. The van der Waals surface area contributed by atoms with E-state index in [1.807, 2.05) is 6.92 Å². The molecule has 1 heterocycles. The standard InChI is InChI=1S/C14H26N2O3/c1-4-5-7-11(13(17)18)15-14(19)16-9-6-8-12(16)10(2)3/h10-12H,4-9H2,1-3H3,(H,15,19)(H,17,18). The number of carboxylic acids is 1. The van der Waals surface area contributed by atoms with E-state index in [0.29, 0.717) is 12.3 Å². The molecule has 0 saturated carbocycles. The van der Waals surface area contributed by atoms with Crippen LogP contribution in [0.2, 0.25) is 0 Å². The Balaban J connectivity index is 2.58. The molecular formula is C14H26N2O3. The predicted octanol–water partition coefficient (Wildman–Crippen LogP) is 2.46. The van der Waals surface area contributed by atoms with Gasteiger partial charge >= 0.3 is 12.0 Å². The normalized spacial score (nSPS) is 20.6. The number of rotatable bonds is 6. The van der Waals surface area contributed by atoms with Gasteiger partial charge < -0.3 is 15.3 Å². The zero-order valence-corrected chi connectivity index (χ0v) is 12.2. The number of nitrogens with one attached hydrogen (secondary N) is 1. The second-order valence-corrected chi connectivity index (χ2v) is 5.63. The number of hydrogen-bond acceptors (Lipinski definition) is 2. The highest BCUT2D eigenvalue weighted by Crippen LogP contribution is 2.23. The van der Waals surface area contributed by atoms with Gasteiger partial charge in [-0.2, -0.15) is 0 Å². The van der Waals surface area contributed by atoms with Crippen molar-refractivity contribution in [1.82, 2.24) is 10.2 Å². The summed E-state index contributed by atoms with van der Waals surface area (Å²) in [4.78, 5) is 25.1. The first-order valence-electron chi connectivity index (χ1n) is 7.27. The van der Waals surface area contributed by atoms with Crippen LogP contribution in [0, 0.1) is 5.92 Å². The highest BCUT2D eigenvalue weighted by atomic mass is 16.4. The van der Waals surface area contributed by atoms with Crippen molar-refractivity contribution in [2.24, 2.45) is 5.92 Å². The van der Waals surface area contributed by atoms with E-state index >= 15 is 0 Å². The van der Waals surface area contributed by atoms with Crippen LogP contribution in [0.25, 0.3) is 0 Å². The fraction of sp³-hybridized carbons (Fsp3) is 0.857. The van der Waals surface area contributed by atoms with Crippen LogP contribution in [0.4, 0.5) is 4.79 Å². The molecule has 2 N–H and O–H groups in total. The molecule has 0 aromatic carbocycles. The summed E-state index contributed by atoms with van der Waals surface area (Å²) in [5, 5.41) is 11.8. The first kappa shape index (κ1) is 15.8. The van der Waals surface area contributed by atoms with E-state index in [1.54, 1.807) is 4.90 Å². The number of amides is 2. The van der Waals surface area contributed by atoms with Crippen molar-refractivity contribution in [1.29, 1.82) is 0 Å². The Kier molecular flexibility index (Phi) is 6.12. The minimum absolute atomic E-state index is 0.222. The summed E-state index contributed by atoms with van der Waals surface area (Å²) in [6.45, 7) is 6.94. The fourth-order valence-corrected chi connectivity index (χ4v) is 2.64. The third kappa shape index (κ3) is 4.40. The monoisotopic (exact) mass is 270 g/mol. The molecule has 1 aliphatic heterocycles. The maximum absolute atomic E-state index is 12.2. The van der Waals surface area contributed by atoms with Crippen LogP contribution in [0.3, 0.4) is 0 Å². The van der Waals surface area contributed by atoms with Crippen molar-refractivity contribution in [2.75, 3.05) is 6.54 Å². The minimum Gasteiger partial charge on any atom is -0.480 e. The second-order valence-electron chi connectivity index (χ2n) is 5.63. The molecule has 0 spiro atoms. The molecule has 0 aliphatic carbocycles. The molecule has 19 heavy (non-hydrogen) atoms. The van der Waals surface area contributed by atoms with Crippen molar-refractivity contribution in [3.63, 3.8) is 0 Å².